The van der Waals surface area contributed by atoms with Crippen molar-refractivity contribution in [1.82, 2.24) is 9.62 Å². The number of carbonyl (C=O) groups excluding carboxylic acids is 1. The first kappa shape index (κ1) is 15.9. The Bertz CT molecular complexity index is 745. The summed E-state index contributed by atoms with van der Waals surface area (Å²) in [6.07, 6.45) is 0.248. The Morgan fingerprint density at radius 3 is 3.00 bits per heavy atom. The summed E-state index contributed by atoms with van der Waals surface area (Å²) in [6, 6.07) is 6.75. The third-order valence-electron chi connectivity index (χ3n) is 3.95. The summed E-state index contributed by atoms with van der Waals surface area (Å²) in [6.45, 7) is 3.89. The van der Waals surface area contributed by atoms with Crippen molar-refractivity contribution in [3.05, 3.63) is 29.8 Å². The van der Waals surface area contributed by atoms with E-state index in [-0.39, 0.29) is 29.8 Å². The number of rotatable bonds is 3. The lowest BCUT2D eigenvalue weighted by Crippen LogP contribution is -2.47. The molecule has 0 aromatic heterocycles. The highest BCUT2D eigenvalue weighted by Gasteiger charge is 2.30. The Hall–Kier alpha value is -1.93. The molecule has 23 heavy (non-hydrogen) atoms. The molecule has 1 amide bonds. The fraction of sp³-hybridized carbons (Fsp3) is 0.467. The molecule has 1 aromatic rings. The number of morpholine rings is 1. The molecule has 8 heteroatoms. The van der Waals surface area contributed by atoms with Crippen LogP contribution in [0.25, 0.3) is 0 Å². The summed E-state index contributed by atoms with van der Waals surface area (Å²) in [4.78, 5) is 18.5. The number of amidine groups is 1. The Labute approximate surface area is 135 Å². The number of amides is 1. The van der Waals surface area contributed by atoms with Gasteiger partial charge in [-0.3, -0.25) is 14.5 Å². The lowest BCUT2D eigenvalue weighted by molar-refractivity contribution is -0.138. The highest BCUT2D eigenvalue weighted by molar-refractivity contribution is 7.90. The summed E-state index contributed by atoms with van der Waals surface area (Å²) in [5, 5.41) is 0. The smallest absolute Gasteiger partial charge is 0.263 e. The largest absolute Gasteiger partial charge is 0.377 e. The van der Waals surface area contributed by atoms with Gasteiger partial charge in [0.05, 0.1) is 30.7 Å². The van der Waals surface area contributed by atoms with E-state index >= 15 is 0 Å². The molecule has 0 saturated carbocycles. The predicted octanol–water partition coefficient (Wildman–Crippen LogP) is 0.363. The average molecular weight is 337 g/mol. The molecule has 1 fully saturated rings. The fourth-order valence-corrected chi connectivity index (χ4v) is 4.01. The number of benzene rings is 1. The maximum absolute atomic E-state index is 12.2. The highest BCUT2D eigenvalue weighted by Crippen LogP contribution is 2.22. The molecular formula is C15H19N3O4S. The standard InChI is InChI=1S/C15H19N3O4S/c1-11-10-22-9-8-18(11)14(19)6-7-16-15-12-4-2-3-5-13(12)23(20,21)17-15/h2-5,11H,6-10H2,1H3,(H,16,17)/t11-/m1/s1. The van der Waals surface area contributed by atoms with Gasteiger partial charge < -0.3 is 9.64 Å². The Morgan fingerprint density at radius 2 is 2.22 bits per heavy atom. The van der Waals surface area contributed by atoms with Gasteiger partial charge in [-0.25, -0.2) is 8.42 Å². The number of hydrogen-bond donors (Lipinski definition) is 1. The number of nitrogens with zero attached hydrogens (tertiary/aromatic N) is 2. The maximum Gasteiger partial charge on any atom is 0.263 e. The lowest BCUT2D eigenvalue weighted by atomic mass is 10.2. The molecule has 3 rings (SSSR count). The molecular weight excluding hydrogens is 318 g/mol. The number of carbonyl (C=O) groups is 1. The second-order valence-electron chi connectivity index (χ2n) is 5.59. The number of aliphatic imine (C=N–C) groups is 1. The summed E-state index contributed by atoms with van der Waals surface area (Å²) in [5.74, 6) is 0.322. The maximum atomic E-state index is 12.2. The molecule has 0 unspecified atom stereocenters. The zero-order valence-electron chi connectivity index (χ0n) is 12.9. The van der Waals surface area contributed by atoms with Crippen molar-refractivity contribution < 1.29 is 17.9 Å². The van der Waals surface area contributed by atoms with Gasteiger partial charge in [0.15, 0.2) is 0 Å². The van der Waals surface area contributed by atoms with Crippen LogP contribution >= 0.6 is 0 Å². The first-order chi connectivity index (χ1) is 11.0. The molecule has 7 nitrogen and oxygen atoms in total. The van der Waals surface area contributed by atoms with Gasteiger partial charge in [-0.2, -0.15) is 0 Å². The zero-order chi connectivity index (χ0) is 16.4. The van der Waals surface area contributed by atoms with Crippen LogP contribution in [0.15, 0.2) is 34.2 Å². The first-order valence-corrected chi connectivity index (χ1v) is 9.01. The van der Waals surface area contributed by atoms with E-state index < -0.39 is 10.0 Å². The minimum absolute atomic E-state index is 0.0132. The van der Waals surface area contributed by atoms with Crippen LogP contribution in [-0.4, -0.2) is 57.4 Å². The molecule has 0 aliphatic carbocycles. The molecule has 124 valence electrons. The Kier molecular flexibility index (Phi) is 4.36. The number of hydrogen-bond acceptors (Lipinski definition) is 5. The number of sulfonamides is 1. The Morgan fingerprint density at radius 1 is 1.43 bits per heavy atom. The molecule has 0 bridgehead atoms. The van der Waals surface area contributed by atoms with Gasteiger partial charge in [-0.1, -0.05) is 12.1 Å². The first-order valence-electron chi connectivity index (χ1n) is 7.53. The monoisotopic (exact) mass is 337 g/mol. The van der Waals surface area contributed by atoms with E-state index in [1.54, 1.807) is 29.2 Å². The second kappa shape index (κ2) is 6.29. The molecule has 2 heterocycles. The molecule has 2 aliphatic heterocycles. The van der Waals surface area contributed by atoms with Gasteiger partial charge in [0.2, 0.25) is 5.91 Å². The van der Waals surface area contributed by atoms with E-state index in [1.165, 1.54) is 0 Å². The molecule has 0 radical (unpaired) electrons. The predicted molar refractivity (Wildman–Crippen MR) is 84.8 cm³/mol. The van der Waals surface area contributed by atoms with Crippen molar-refractivity contribution in [2.24, 2.45) is 4.99 Å². The van der Waals surface area contributed by atoms with Gasteiger partial charge in [0.25, 0.3) is 10.0 Å². The van der Waals surface area contributed by atoms with Crippen molar-refractivity contribution in [2.45, 2.75) is 24.3 Å². The van der Waals surface area contributed by atoms with Crippen LogP contribution in [0.4, 0.5) is 0 Å². The van der Waals surface area contributed by atoms with Gasteiger partial charge in [0, 0.05) is 18.5 Å². The van der Waals surface area contributed by atoms with Crippen molar-refractivity contribution in [2.75, 3.05) is 26.3 Å². The quantitative estimate of drug-likeness (QED) is 0.863. The van der Waals surface area contributed by atoms with E-state index in [1.807, 2.05) is 6.92 Å². The summed E-state index contributed by atoms with van der Waals surface area (Å²) in [7, 11) is -3.53. The van der Waals surface area contributed by atoms with E-state index in [0.29, 0.717) is 31.2 Å². The van der Waals surface area contributed by atoms with Gasteiger partial charge >= 0.3 is 0 Å². The molecule has 1 N–H and O–H groups in total. The third kappa shape index (κ3) is 3.23. The average Bonchev–Trinajstić information content (AvgIpc) is 2.79. The van der Waals surface area contributed by atoms with E-state index in [9.17, 15) is 13.2 Å². The van der Waals surface area contributed by atoms with Crippen molar-refractivity contribution in [1.29, 1.82) is 0 Å². The highest BCUT2D eigenvalue weighted by atomic mass is 32.2. The minimum atomic E-state index is -3.53. The van der Waals surface area contributed by atoms with Crippen LogP contribution in [0, 0.1) is 0 Å². The molecule has 1 atom stereocenters. The van der Waals surface area contributed by atoms with Crippen LogP contribution in [0.3, 0.4) is 0 Å². The van der Waals surface area contributed by atoms with E-state index in [2.05, 4.69) is 9.71 Å². The Balaban J connectivity index is 1.66. The molecule has 0 spiro atoms. The van der Waals surface area contributed by atoms with Crippen molar-refractivity contribution in [3.8, 4) is 0 Å². The van der Waals surface area contributed by atoms with Crippen LogP contribution < -0.4 is 4.72 Å². The fourth-order valence-electron chi connectivity index (χ4n) is 2.76. The summed E-state index contributed by atoms with van der Waals surface area (Å²) >= 11 is 0. The third-order valence-corrected chi connectivity index (χ3v) is 5.34. The lowest BCUT2D eigenvalue weighted by Gasteiger charge is -2.33. The van der Waals surface area contributed by atoms with Crippen molar-refractivity contribution in [3.63, 3.8) is 0 Å². The number of fused-ring (bicyclic) bond motifs is 1. The van der Waals surface area contributed by atoms with Crippen LogP contribution in [-0.2, 0) is 19.6 Å². The van der Waals surface area contributed by atoms with E-state index in [0.717, 1.165) is 0 Å². The van der Waals surface area contributed by atoms with Crippen LogP contribution in [0.1, 0.15) is 18.9 Å². The van der Waals surface area contributed by atoms with Crippen molar-refractivity contribution >= 4 is 21.8 Å². The van der Waals surface area contributed by atoms with Gasteiger partial charge in [0.1, 0.15) is 5.84 Å². The molecule has 2 aliphatic rings. The molecule has 1 aromatic carbocycles. The molecule has 1 saturated heterocycles. The van der Waals surface area contributed by atoms with Gasteiger partial charge in [-0.15, -0.1) is 0 Å². The normalized spacial score (nSPS) is 24.3. The minimum Gasteiger partial charge on any atom is -0.377 e. The topological polar surface area (TPSA) is 88.1 Å². The number of nitrogens with one attached hydrogen (secondary N) is 1. The van der Waals surface area contributed by atoms with Crippen LogP contribution in [0.5, 0.6) is 0 Å². The van der Waals surface area contributed by atoms with Crippen LogP contribution in [0.2, 0.25) is 0 Å². The van der Waals surface area contributed by atoms with E-state index in [4.69, 9.17) is 4.74 Å². The second-order valence-corrected chi connectivity index (χ2v) is 7.24. The van der Waals surface area contributed by atoms with Gasteiger partial charge in [-0.05, 0) is 19.1 Å². The zero-order valence-corrected chi connectivity index (χ0v) is 13.7. The summed E-state index contributed by atoms with van der Waals surface area (Å²) in [5.41, 5.74) is 0.555. The summed E-state index contributed by atoms with van der Waals surface area (Å²) < 4.78 is 31.7. The SMILES string of the molecule is C[C@@H]1COCCN1C(=O)CCN=C1NS(=O)(=O)c2ccccc21. The number of ether oxygens (including phenoxy) is 1.